The summed E-state index contributed by atoms with van der Waals surface area (Å²) in [6.45, 7) is -0.250. The molecule has 50 valence electrons. The van der Waals surface area contributed by atoms with E-state index in [0.29, 0.717) is 0 Å². The van der Waals surface area contributed by atoms with E-state index in [2.05, 4.69) is 20.9 Å². The first-order valence-electron chi connectivity index (χ1n) is 1.92. The molecule has 0 aliphatic heterocycles. The Bertz CT molecular complexity index is 154. The molecular formula is C4H4BrNO2S. The van der Waals surface area contributed by atoms with E-state index in [1.54, 1.807) is 16.8 Å². The molecule has 9 heavy (non-hydrogen) atoms. The molecular weight excluding hydrogens is 206 g/mol. The van der Waals surface area contributed by atoms with Crippen LogP contribution in [0.5, 0.6) is 0 Å². The van der Waals surface area contributed by atoms with E-state index in [4.69, 9.17) is 9.90 Å². The van der Waals surface area contributed by atoms with Crippen molar-refractivity contribution in [2.24, 2.45) is 0 Å². The van der Waals surface area contributed by atoms with E-state index in [1.807, 2.05) is 5.38 Å². The van der Waals surface area contributed by atoms with Crippen LogP contribution in [0.4, 0.5) is 0 Å². The number of hydrogen-bond donors (Lipinski definition) is 1. The van der Waals surface area contributed by atoms with Crippen molar-refractivity contribution in [3.05, 3.63) is 15.5 Å². The van der Waals surface area contributed by atoms with Crippen LogP contribution in [0.25, 0.3) is 0 Å². The summed E-state index contributed by atoms with van der Waals surface area (Å²) >= 11 is 4.76. The summed E-state index contributed by atoms with van der Waals surface area (Å²) in [4.78, 5) is 12.2. The predicted molar refractivity (Wildman–Crippen MR) is 38.5 cm³/mol. The van der Waals surface area contributed by atoms with Gasteiger partial charge in [0.1, 0.15) is 4.60 Å². The van der Waals surface area contributed by atoms with Gasteiger partial charge in [0, 0.05) is 5.38 Å². The smallest absolute Gasteiger partial charge is 0.290 e. The van der Waals surface area contributed by atoms with Gasteiger partial charge in [0.15, 0.2) is 0 Å². The number of aromatic nitrogens is 1. The van der Waals surface area contributed by atoms with Gasteiger partial charge in [-0.3, -0.25) is 4.79 Å². The van der Waals surface area contributed by atoms with Gasteiger partial charge in [0.2, 0.25) is 0 Å². The minimum Gasteiger partial charge on any atom is -0.483 e. The summed E-state index contributed by atoms with van der Waals surface area (Å²) < 4.78 is 0.924. The van der Waals surface area contributed by atoms with Gasteiger partial charge >= 0.3 is 0 Å². The van der Waals surface area contributed by atoms with Crippen LogP contribution in [-0.4, -0.2) is 16.6 Å². The second-order valence-electron chi connectivity index (χ2n) is 0.917. The van der Waals surface area contributed by atoms with E-state index in [9.17, 15) is 0 Å². The lowest BCUT2D eigenvalue weighted by atomic mass is 11.0. The Morgan fingerprint density at radius 1 is 1.89 bits per heavy atom. The van der Waals surface area contributed by atoms with Crippen molar-refractivity contribution >= 4 is 33.7 Å². The predicted octanol–water partition coefficient (Wildman–Crippen LogP) is 1.61. The zero-order valence-corrected chi connectivity index (χ0v) is 6.72. The first kappa shape index (κ1) is 8.58. The summed E-state index contributed by atoms with van der Waals surface area (Å²) in [5.74, 6) is 0. The number of hydrogen-bond acceptors (Lipinski definition) is 3. The van der Waals surface area contributed by atoms with Crippen LogP contribution < -0.4 is 0 Å². The number of carboxylic acid groups (broad SMARTS) is 1. The molecule has 0 aliphatic carbocycles. The Morgan fingerprint density at radius 3 is 2.56 bits per heavy atom. The second-order valence-corrected chi connectivity index (χ2v) is 2.45. The van der Waals surface area contributed by atoms with Crippen LogP contribution in [0.1, 0.15) is 0 Å². The fourth-order valence-electron chi connectivity index (χ4n) is 0.198. The van der Waals surface area contributed by atoms with Crippen molar-refractivity contribution < 1.29 is 9.90 Å². The summed E-state index contributed by atoms with van der Waals surface area (Å²) in [5.41, 5.74) is 1.78. The minimum absolute atomic E-state index is 0.250. The summed E-state index contributed by atoms with van der Waals surface area (Å²) in [6.07, 6.45) is 0. The summed E-state index contributed by atoms with van der Waals surface area (Å²) in [7, 11) is 0. The van der Waals surface area contributed by atoms with Crippen molar-refractivity contribution in [3.63, 3.8) is 0 Å². The maximum atomic E-state index is 8.36. The third-order valence-corrected chi connectivity index (χ3v) is 1.73. The molecule has 0 amide bonds. The van der Waals surface area contributed by atoms with Gasteiger partial charge in [0.05, 0.1) is 5.51 Å². The maximum absolute atomic E-state index is 8.36. The van der Waals surface area contributed by atoms with Gasteiger partial charge < -0.3 is 5.11 Å². The van der Waals surface area contributed by atoms with Gasteiger partial charge in [-0.25, -0.2) is 4.98 Å². The van der Waals surface area contributed by atoms with Crippen LogP contribution in [0.3, 0.4) is 0 Å². The molecule has 1 N–H and O–H groups in total. The molecule has 1 aromatic rings. The van der Waals surface area contributed by atoms with Crippen molar-refractivity contribution in [3.8, 4) is 0 Å². The molecule has 0 aliphatic rings. The Hall–Kier alpha value is -0.420. The Kier molecular flexibility index (Phi) is 5.45. The highest BCUT2D eigenvalue weighted by Crippen LogP contribution is 2.06. The topological polar surface area (TPSA) is 50.2 Å². The highest BCUT2D eigenvalue weighted by molar-refractivity contribution is 9.10. The van der Waals surface area contributed by atoms with E-state index < -0.39 is 0 Å². The van der Waals surface area contributed by atoms with Gasteiger partial charge in [-0.05, 0) is 15.9 Å². The summed E-state index contributed by atoms with van der Waals surface area (Å²) in [5, 5.41) is 8.82. The molecule has 1 heterocycles. The van der Waals surface area contributed by atoms with Crippen molar-refractivity contribution in [2.75, 3.05) is 0 Å². The molecule has 0 unspecified atom stereocenters. The zero-order valence-electron chi connectivity index (χ0n) is 4.32. The van der Waals surface area contributed by atoms with E-state index in [0.717, 1.165) is 4.60 Å². The molecule has 5 heteroatoms. The lowest BCUT2D eigenvalue weighted by molar-refractivity contribution is -0.122. The molecule has 0 bridgehead atoms. The SMILES string of the molecule is Brc1cscn1.O=CO. The van der Waals surface area contributed by atoms with Gasteiger partial charge in [-0.1, -0.05) is 0 Å². The molecule has 0 saturated heterocycles. The monoisotopic (exact) mass is 209 g/mol. The molecule has 0 spiro atoms. The Morgan fingerprint density at radius 2 is 2.44 bits per heavy atom. The van der Waals surface area contributed by atoms with Crippen LogP contribution in [0, 0.1) is 0 Å². The summed E-state index contributed by atoms with van der Waals surface area (Å²) in [6, 6.07) is 0. The Balaban J connectivity index is 0.000000187. The van der Waals surface area contributed by atoms with Crippen LogP contribution in [0.15, 0.2) is 15.5 Å². The minimum atomic E-state index is -0.250. The fraction of sp³-hybridized carbons (Fsp3) is 0. The van der Waals surface area contributed by atoms with E-state index in [-0.39, 0.29) is 6.47 Å². The van der Waals surface area contributed by atoms with Gasteiger partial charge in [0.25, 0.3) is 6.47 Å². The molecule has 0 atom stereocenters. The van der Waals surface area contributed by atoms with Crippen molar-refractivity contribution in [1.29, 1.82) is 0 Å². The molecule has 1 aromatic heterocycles. The number of rotatable bonds is 0. The standard InChI is InChI=1S/C3H2BrNS.CH2O2/c4-3-1-6-2-5-3;2-1-3/h1-2H;1H,(H,2,3). The molecule has 1 rings (SSSR count). The number of nitrogens with zero attached hydrogens (tertiary/aromatic N) is 1. The van der Waals surface area contributed by atoms with Gasteiger partial charge in [-0.15, -0.1) is 11.3 Å². The average Bonchev–Trinajstić information content (AvgIpc) is 2.20. The number of halogens is 1. The van der Waals surface area contributed by atoms with Crippen LogP contribution in [-0.2, 0) is 4.79 Å². The third kappa shape index (κ3) is 5.45. The highest BCUT2D eigenvalue weighted by atomic mass is 79.9. The van der Waals surface area contributed by atoms with E-state index in [1.165, 1.54) is 0 Å². The van der Waals surface area contributed by atoms with Crippen LogP contribution in [0.2, 0.25) is 0 Å². The lowest BCUT2D eigenvalue weighted by Gasteiger charge is -1.61. The second kappa shape index (κ2) is 5.71. The largest absolute Gasteiger partial charge is 0.483 e. The molecule has 0 saturated carbocycles. The first-order valence-corrected chi connectivity index (χ1v) is 3.66. The maximum Gasteiger partial charge on any atom is 0.290 e. The molecule has 0 aromatic carbocycles. The molecule has 3 nitrogen and oxygen atoms in total. The molecule has 0 radical (unpaired) electrons. The normalized spacial score (nSPS) is 7.22. The number of carbonyl (C=O) groups is 1. The molecule has 0 fully saturated rings. The zero-order chi connectivity index (χ0) is 7.11. The van der Waals surface area contributed by atoms with Crippen molar-refractivity contribution in [1.82, 2.24) is 4.98 Å². The third-order valence-electron chi connectivity index (χ3n) is 0.402. The van der Waals surface area contributed by atoms with E-state index >= 15 is 0 Å². The van der Waals surface area contributed by atoms with Crippen LogP contribution >= 0.6 is 27.3 Å². The number of thiazole rings is 1. The highest BCUT2D eigenvalue weighted by Gasteiger charge is 1.78. The average molecular weight is 210 g/mol. The van der Waals surface area contributed by atoms with Gasteiger partial charge in [-0.2, -0.15) is 0 Å². The first-order chi connectivity index (χ1) is 4.31. The van der Waals surface area contributed by atoms with Crippen molar-refractivity contribution in [2.45, 2.75) is 0 Å². The Labute approximate surface area is 64.5 Å². The quantitative estimate of drug-likeness (QED) is 0.661. The fourth-order valence-corrected chi connectivity index (χ4v) is 1.17. The lowest BCUT2D eigenvalue weighted by Crippen LogP contribution is -1.50.